The van der Waals surface area contributed by atoms with Gasteiger partial charge in [0.15, 0.2) is 0 Å². The number of nitrogens with one attached hydrogen (secondary N) is 3. The monoisotopic (exact) mass is 242 g/mol. The van der Waals surface area contributed by atoms with Crippen LogP contribution in [0.3, 0.4) is 0 Å². The maximum Gasteiger partial charge on any atom is 0.247 e. The maximum atomic E-state index is 12.2. The second-order valence-corrected chi connectivity index (χ2v) is 4.30. The first-order valence-corrected chi connectivity index (χ1v) is 5.96. The molecule has 3 rings (SSSR count). The smallest absolute Gasteiger partial charge is 0.247 e. The molecule has 0 radical (unpaired) electrons. The number of rotatable bonds is 2. The van der Waals surface area contributed by atoms with Gasteiger partial charge in [0.1, 0.15) is 11.9 Å². The topological polar surface area (TPSA) is 69.8 Å². The Kier molecular flexibility index (Phi) is 2.82. The standard InChI is InChI=1S/C13H14N4O/c18-13(16-11-6-8-15-17-11)12-10-4-2-1-3-9(10)5-7-14-12/h1-4,6,8,12,14H,5,7H2,(H2,15,16,17,18). The van der Waals surface area contributed by atoms with Gasteiger partial charge in [-0.25, -0.2) is 0 Å². The lowest BCUT2D eigenvalue weighted by atomic mass is 9.94. The largest absolute Gasteiger partial charge is 0.309 e. The Labute approximate surface area is 105 Å². The number of carbonyl (C=O) groups is 1. The summed E-state index contributed by atoms with van der Waals surface area (Å²) in [5.74, 6) is 0.552. The number of nitrogens with zero attached hydrogens (tertiary/aromatic N) is 1. The summed E-state index contributed by atoms with van der Waals surface area (Å²) in [5.41, 5.74) is 2.29. The Morgan fingerprint density at radius 3 is 3.06 bits per heavy atom. The van der Waals surface area contributed by atoms with Gasteiger partial charge < -0.3 is 10.6 Å². The average Bonchev–Trinajstić information content (AvgIpc) is 2.91. The number of H-pyrrole nitrogens is 1. The molecule has 5 heteroatoms. The highest BCUT2D eigenvalue weighted by molar-refractivity contribution is 5.95. The van der Waals surface area contributed by atoms with Crippen LogP contribution >= 0.6 is 0 Å². The molecule has 2 aromatic rings. The number of aromatic amines is 1. The van der Waals surface area contributed by atoms with Gasteiger partial charge in [-0.1, -0.05) is 24.3 Å². The van der Waals surface area contributed by atoms with Crippen molar-refractivity contribution in [3.05, 3.63) is 47.7 Å². The number of hydrogen-bond acceptors (Lipinski definition) is 3. The number of anilines is 1. The molecule has 92 valence electrons. The Morgan fingerprint density at radius 2 is 2.22 bits per heavy atom. The van der Waals surface area contributed by atoms with Gasteiger partial charge in [0, 0.05) is 12.6 Å². The van der Waals surface area contributed by atoms with Crippen LogP contribution in [-0.4, -0.2) is 22.6 Å². The molecule has 1 aliphatic rings. The fraction of sp³-hybridized carbons (Fsp3) is 0.231. The van der Waals surface area contributed by atoms with Crippen molar-refractivity contribution in [2.45, 2.75) is 12.5 Å². The highest BCUT2D eigenvalue weighted by atomic mass is 16.2. The van der Waals surface area contributed by atoms with E-state index >= 15 is 0 Å². The first-order valence-electron chi connectivity index (χ1n) is 5.96. The molecule has 0 fully saturated rings. The zero-order chi connectivity index (χ0) is 12.4. The van der Waals surface area contributed by atoms with E-state index in [0.29, 0.717) is 5.82 Å². The van der Waals surface area contributed by atoms with Gasteiger partial charge in [0.25, 0.3) is 0 Å². The summed E-state index contributed by atoms with van der Waals surface area (Å²) in [7, 11) is 0. The molecule has 1 aromatic carbocycles. The van der Waals surface area contributed by atoms with Crippen LogP contribution in [-0.2, 0) is 11.2 Å². The van der Waals surface area contributed by atoms with E-state index in [1.165, 1.54) is 5.56 Å². The average molecular weight is 242 g/mol. The SMILES string of the molecule is O=C(Nc1ccn[nH]1)C1NCCc2ccccc21. The third-order valence-electron chi connectivity index (χ3n) is 3.13. The number of aromatic nitrogens is 2. The van der Waals surface area contributed by atoms with Crippen molar-refractivity contribution >= 4 is 11.7 Å². The molecule has 18 heavy (non-hydrogen) atoms. The highest BCUT2D eigenvalue weighted by Gasteiger charge is 2.25. The van der Waals surface area contributed by atoms with Crippen LogP contribution in [0.25, 0.3) is 0 Å². The molecule has 2 heterocycles. The predicted molar refractivity (Wildman–Crippen MR) is 68.1 cm³/mol. The molecule has 1 atom stereocenters. The number of amides is 1. The lowest BCUT2D eigenvalue weighted by molar-refractivity contribution is -0.118. The van der Waals surface area contributed by atoms with Crippen molar-refractivity contribution in [1.82, 2.24) is 15.5 Å². The van der Waals surface area contributed by atoms with Crippen LogP contribution in [0, 0.1) is 0 Å². The van der Waals surface area contributed by atoms with Crippen LogP contribution in [0.5, 0.6) is 0 Å². The van der Waals surface area contributed by atoms with E-state index < -0.39 is 0 Å². The van der Waals surface area contributed by atoms with Crippen molar-refractivity contribution in [1.29, 1.82) is 0 Å². The molecule has 3 N–H and O–H groups in total. The molecule has 1 aliphatic heterocycles. The first kappa shape index (κ1) is 11.0. The van der Waals surface area contributed by atoms with Crippen molar-refractivity contribution in [3.63, 3.8) is 0 Å². The maximum absolute atomic E-state index is 12.2. The van der Waals surface area contributed by atoms with Gasteiger partial charge in [0.2, 0.25) is 5.91 Å². The Hall–Kier alpha value is -2.14. The van der Waals surface area contributed by atoms with E-state index in [2.05, 4.69) is 26.9 Å². The molecule has 1 unspecified atom stereocenters. The summed E-state index contributed by atoms with van der Waals surface area (Å²) in [6, 6.07) is 9.48. The number of fused-ring (bicyclic) bond motifs is 1. The zero-order valence-electron chi connectivity index (χ0n) is 9.81. The van der Waals surface area contributed by atoms with Crippen LogP contribution < -0.4 is 10.6 Å². The third kappa shape index (κ3) is 2.00. The molecule has 1 aromatic heterocycles. The second-order valence-electron chi connectivity index (χ2n) is 4.30. The summed E-state index contributed by atoms with van der Waals surface area (Å²) in [6.07, 6.45) is 2.57. The minimum absolute atomic E-state index is 0.0635. The lowest BCUT2D eigenvalue weighted by Crippen LogP contribution is -2.38. The van der Waals surface area contributed by atoms with Crippen LogP contribution in [0.1, 0.15) is 17.2 Å². The van der Waals surface area contributed by atoms with Crippen LogP contribution in [0.15, 0.2) is 36.5 Å². The van der Waals surface area contributed by atoms with Gasteiger partial charge in [-0.05, 0) is 17.5 Å². The predicted octanol–water partition coefficient (Wildman–Crippen LogP) is 1.24. The van der Waals surface area contributed by atoms with E-state index in [4.69, 9.17) is 0 Å². The van der Waals surface area contributed by atoms with Crippen molar-refractivity contribution < 1.29 is 4.79 Å². The van der Waals surface area contributed by atoms with Crippen LogP contribution in [0.2, 0.25) is 0 Å². The lowest BCUT2D eigenvalue weighted by Gasteiger charge is -2.25. The van der Waals surface area contributed by atoms with Crippen LogP contribution in [0.4, 0.5) is 5.82 Å². The quantitative estimate of drug-likeness (QED) is 0.742. The number of carbonyl (C=O) groups excluding carboxylic acids is 1. The van der Waals surface area contributed by atoms with Gasteiger partial charge in [0.05, 0.1) is 6.20 Å². The molecule has 0 spiro atoms. The van der Waals surface area contributed by atoms with Gasteiger partial charge in [-0.3, -0.25) is 9.89 Å². The van der Waals surface area contributed by atoms with Crippen molar-refractivity contribution in [2.24, 2.45) is 0 Å². The Bertz CT molecular complexity index is 550. The minimum Gasteiger partial charge on any atom is -0.309 e. The molecule has 0 bridgehead atoms. The van der Waals surface area contributed by atoms with E-state index in [9.17, 15) is 4.79 Å². The number of hydrogen-bond donors (Lipinski definition) is 3. The molecular weight excluding hydrogens is 228 g/mol. The summed E-state index contributed by atoms with van der Waals surface area (Å²) >= 11 is 0. The summed E-state index contributed by atoms with van der Waals surface area (Å²) < 4.78 is 0. The molecular formula is C13H14N4O. The second kappa shape index (κ2) is 4.62. The molecule has 1 amide bonds. The van der Waals surface area contributed by atoms with Gasteiger partial charge >= 0.3 is 0 Å². The Balaban J connectivity index is 1.83. The summed E-state index contributed by atoms with van der Waals surface area (Å²) in [5, 5.41) is 12.6. The molecule has 0 saturated heterocycles. The fourth-order valence-corrected chi connectivity index (χ4v) is 2.27. The van der Waals surface area contributed by atoms with Crippen molar-refractivity contribution in [3.8, 4) is 0 Å². The molecule has 0 aliphatic carbocycles. The van der Waals surface area contributed by atoms with Gasteiger partial charge in [-0.15, -0.1) is 0 Å². The zero-order valence-corrected chi connectivity index (χ0v) is 9.81. The van der Waals surface area contributed by atoms with E-state index in [1.54, 1.807) is 12.3 Å². The molecule has 5 nitrogen and oxygen atoms in total. The fourth-order valence-electron chi connectivity index (χ4n) is 2.27. The van der Waals surface area contributed by atoms with E-state index in [-0.39, 0.29) is 11.9 Å². The normalized spacial score (nSPS) is 18.1. The third-order valence-corrected chi connectivity index (χ3v) is 3.13. The van der Waals surface area contributed by atoms with E-state index in [1.807, 2.05) is 18.2 Å². The minimum atomic E-state index is -0.293. The highest BCUT2D eigenvalue weighted by Crippen LogP contribution is 2.23. The number of benzene rings is 1. The van der Waals surface area contributed by atoms with E-state index in [0.717, 1.165) is 18.5 Å². The summed E-state index contributed by atoms with van der Waals surface area (Å²) in [6.45, 7) is 0.818. The Morgan fingerprint density at radius 1 is 1.33 bits per heavy atom. The molecule has 0 saturated carbocycles. The van der Waals surface area contributed by atoms with Gasteiger partial charge in [-0.2, -0.15) is 5.10 Å². The summed E-state index contributed by atoms with van der Waals surface area (Å²) in [4.78, 5) is 12.2. The first-order chi connectivity index (χ1) is 8.84. The van der Waals surface area contributed by atoms with Crippen molar-refractivity contribution in [2.75, 3.05) is 11.9 Å².